The minimum Gasteiger partial charge on any atom is -0.364 e. The summed E-state index contributed by atoms with van der Waals surface area (Å²) in [6, 6.07) is 0. The van der Waals surface area contributed by atoms with Crippen molar-refractivity contribution in [3.8, 4) is 0 Å². The fourth-order valence-electron chi connectivity index (χ4n) is 0.280. The van der Waals surface area contributed by atoms with Gasteiger partial charge < -0.3 is 4.10 Å². The minimum atomic E-state index is 0.283. The first-order chi connectivity index (χ1) is 3.31. The van der Waals surface area contributed by atoms with Gasteiger partial charge in [0, 0.05) is 0 Å². The lowest BCUT2D eigenvalue weighted by atomic mass is 9.94. The number of hydrogen-bond acceptors (Lipinski definition) is 2. The molecule has 0 saturated carbocycles. The highest BCUT2D eigenvalue weighted by atomic mass is 127. The van der Waals surface area contributed by atoms with Crippen LogP contribution in [0.25, 0.3) is 0 Å². The van der Waals surface area contributed by atoms with Crippen molar-refractivity contribution >= 4 is 40.1 Å². The second-order valence-electron chi connectivity index (χ2n) is 1.30. The molecule has 7 heavy (non-hydrogen) atoms. The summed E-state index contributed by atoms with van der Waals surface area (Å²) >= 11 is 5.85. The maximum absolute atomic E-state index is 4.67. The molecule has 0 aliphatic rings. The van der Waals surface area contributed by atoms with Crippen LogP contribution in [0.5, 0.6) is 0 Å². The van der Waals surface area contributed by atoms with Crippen LogP contribution in [0.1, 0.15) is 13.3 Å². The third kappa shape index (κ3) is 4.97. The summed E-state index contributed by atoms with van der Waals surface area (Å²) in [5.74, 6) is 0. The van der Waals surface area contributed by atoms with Crippen LogP contribution < -0.4 is 0 Å². The van der Waals surface area contributed by atoms with Crippen molar-refractivity contribution in [1.82, 2.24) is 0 Å². The molecule has 0 rings (SSSR count). The van der Waals surface area contributed by atoms with Gasteiger partial charge in [-0.3, -0.25) is 0 Å². The molecule has 0 N–H and O–H groups in total. The van der Waals surface area contributed by atoms with Gasteiger partial charge in [-0.25, -0.2) is 0 Å². The van der Waals surface area contributed by atoms with Crippen molar-refractivity contribution in [1.29, 1.82) is 0 Å². The summed E-state index contributed by atoms with van der Waals surface area (Å²) in [6.07, 6.45) is 2.25. The van der Waals surface area contributed by atoms with E-state index in [9.17, 15) is 0 Å². The highest BCUT2D eigenvalue weighted by molar-refractivity contribution is 14.1. The molecule has 0 aliphatic carbocycles. The summed E-state index contributed by atoms with van der Waals surface area (Å²) in [5.41, 5.74) is 0. The zero-order valence-corrected chi connectivity index (χ0v) is 7.28. The van der Waals surface area contributed by atoms with Crippen molar-refractivity contribution < 1.29 is 4.10 Å². The Morgan fingerprint density at radius 1 is 1.86 bits per heavy atom. The summed E-state index contributed by atoms with van der Waals surface area (Å²) in [6.45, 7) is 2.12. The molecule has 0 unspecified atom stereocenters. The van der Waals surface area contributed by atoms with E-state index >= 15 is 0 Å². The molecule has 4 heteroatoms. The SMILES string of the molecule is CCCB(I)OS. The van der Waals surface area contributed by atoms with Gasteiger partial charge in [-0.05, 0) is 19.2 Å². The maximum Gasteiger partial charge on any atom is 0.379 e. The quantitative estimate of drug-likeness (QED) is 0.338. The van der Waals surface area contributed by atoms with Crippen molar-refractivity contribution in [2.24, 2.45) is 0 Å². The third-order valence-corrected chi connectivity index (χ3v) is 2.16. The first kappa shape index (κ1) is 8.10. The van der Waals surface area contributed by atoms with Crippen LogP contribution in [0.4, 0.5) is 0 Å². The molecule has 0 atom stereocenters. The number of hydrogen-bond donors (Lipinski definition) is 1. The molecular formula is C3H8BIOS. The fraction of sp³-hybridized carbons (Fsp3) is 1.00. The Labute approximate surface area is 63.8 Å². The average molecular weight is 230 g/mol. The highest BCUT2D eigenvalue weighted by Gasteiger charge is 2.05. The van der Waals surface area contributed by atoms with Gasteiger partial charge in [0.1, 0.15) is 0 Å². The maximum atomic E-state index is 4.67. The Balaban J connectivity index is 2.83. The molecule has 0 amide bonds. The van der Waals surface area contributed by atoms with Crippen molar-refractivity contribution in [3.05, 3.63) is 0 Å². The molecule has 0 fully saturated rings. The fourth-order valence-corrected chi connectivity index (χ4v) is 1.01. The van der Waals surface area contributed by atoms with E-state index in [0.29, 0.717) is 0 Å². The molecule has 0 saturated heterocycles. The molecule has 1 nitrogen and oxygen atoms in total. The monoisotopic (exact) mass is 230 g/mol. The molecule has 0 spiro atoms. The van der Waals surface area contributed by atoms with Crippen LogP contribution in [-0.2, 0) is 4.10 Å². The van der Waals surface area contributed by atoms with E-state index in [1.807, 2.05) is 0 Å². The van der Waals surface area contributed by atoms with Crippen LogP contribution in [0.3, 0.4) is 0 Å². The lowest BCUT2D eigenvalue weighted by Gasteiger charge is -1.95. The molecule has 0 aromatic carbocycles. The molecule has 0 radical (unpaired) electrons. The van der Waals surface area contributed by atoms with E-state index < -0.39 is 0 Å². The van der Waals surface area contributed by atoms with E-state index in [1.165, 1.54) is 0 Å². The molecule has 0 heterocycles. The van der Waals surface area contributed by atoms with Gasteiger partial charge in [0.25, 0.3) is 0 Å². The third-order valence-electron chi connectivity index (χ3n) is 0.630. The summed E-state index contributed by atoms with van der Waals surface area (Å²) in [4.78, 5) is 0. The summed E-state index contributed by atoms with van der Waals surface area (Å²) in [5, 5.41) is 0. The standard InChI is InChI=1S/C3H8BIOS/c1-2-3-4(5)6-7/h7H,2-3H2,1H3. The molecule has 0 aromatic heterocycles. The Bertz CT molecular complexity index is 45.9. The smallest absolute Gasteiger partial charge is 0.364 e. The number of halogens is 1. The first-order valence-electron chi connectivity index (χ1n) is 2.25. The average Bonchev–Trinajstić information content (AvgIpc) is 1.68. The lowest BCUT2D eigenvalue weighted by molar-refractivity contribution is 0.699. The van der Waals surface area contributed by atoms with Gasteiger partial charge in [-0.1, -0.05) is 13.3 Å². The van der Waals surface area contributed by atoms with Crippen LogP contribution in [-0.4, -0.2) is 4.77 Å². The summed E-state index contributed by atoms with van der Waals surface area (Å²) in [7, 11) is 0. The zero-order chi connectivity index (χ0) is 5.70. The largest absolute Gasteiger partial charge is 0.379 e. The molecule has 0 aliphatic heterocycles. The van der Waals surface area contributed by atoms with Gasteiger partial charge in [-0.15, -0.1) is 22.4 Å². The van der Waals surface area contributed by atoms with Gasteiger partial charge >= 0.3 is 4.77 Å². The van der Waals surface area contributed by atoms with E-state index in [2.05, 4.69) is 46.3 Å². The Kier molecular flexibility index (Phi) is 6.07. The van der Waals surface area contributed by atoms with Crippen molar-refractivity contribution in [3.63, 3.8) is 0 Å². The van der Waals surface area contributed by atoms with Gasteiger partial charge in [0.05, 0.1) is 0 Å². The Morgan fingerprint density at radius 3 is 2.57 bits per heavy atom. The molecule has 0 bridgehead atoms. The van der Waals surface area contributed by atoms with Crippen LogP contribution in [0, 0.1) is 0 Å². The highest BCUT2D eigenvalue weighted by Crippen LogP contribution is 2.06. The second kappa shape index (κ2) is 5.25. The van der Waals surface area contributed by atoms with Crippen LogP contribution in [0.2, 0.25) is 6.32 Å². The number of thiol groups is 1. The van der Waals surface area contributed by atoms with E-state index in [-0.39, 0.29) is 4.77 Å². The van der Waals surface area contributed by atoms with Gasteiger partial charge in [-0.2, -0.15) is 0 Å². The first-order valence-corrected chi connectivity index (χ1v) is 3.86. The number of rotatable bonds is 3. The van der Waals surface area contributed by atoms with Crippen molar-refractivity contribution in [2.75, 3.05) is 0 Å². The molecule has 0 aromatic rings. The van der Waals surface area contributed by atoms with E-state index in [1.54, 1.807) is 0 Å². The minimum absolute atomic E-state index is 0.283. The van der Waals surface area contributed by atoms with Crippen molar-refractivity contribution in [2.45, 2.75) is 19.7 Å². The van der Waals surface area contributed by atoms with Crippen LogP contribution >= 0.6 is 35.3 Å². The second-order valence-corrected chi connectivity index (χ2v) is 2.90. The molecule has 42 valence electrons. The van der Waals surface area contributed by atoms with Gasteiger partial charge in [0.15, 0.2) is 0 Å². The van der Waals surface area contributed by atoms with E-state index in [0.717, 1.165) is 12.7 Å². The predicted molar refractivity (Wildman–Crippen MR) is 44.9 cm³/mol. The van der Waals surface area contributed by atoms with Gasteiger partial charge in [0.2, 0.25) is 0 Å². The van der Waals surface area contributed by atoms with Crippen LogP contribution in [0.15, 0.2) is 0 Å². The summed E-state index contributed by atoms with van der Waals surface area (Å²) < 4.78 is 4.95. The lowest BCUT2D eigenvalue weighted by Crippen LogP contribution is -1.99. The van der Waals surface area contributed by atoms with E-state index in [4.69, 9.17) is 0 Å². The normalized spacial score (nSPS) is 9.00. The predicted octanol–water partition coefficient (Wildman–Crippen LogP) is 2.18. The Hall–Kier alpha value is 1.10. The zero-order valence-electron chi connectivity index (χ0n) is 4.22. The topological polar surface area (TPSA) is 9.23 Å². The molecular weight excluding hydrogens is 222 g/mol. The Morgan fingerprint density at radius 2 is 2.43 bits per heavy atom.